The molecule has 13 heteroatoms. The molecule has 0 radical (unpaired) electrons. The number of amides is 2. The Kier molecular flexibility index (Phi) is 10.2. The van der Waals surface area contributed by atoms with E-state index in [1.54, 1.807) is 48.5 Å². The molecule has 0 atom stereocenters. The van der Waals surface area contributed by atoms with Gasteiger partial charge in [0.2, 0.25) is 0 Å². The lowest BCUT2D eigenvalue weighted by atomic mass is 10.2. The van der Waals surface area contributed by atoms with Crippen molar-refractivity contribution in [2.75, 3.05) is 11.5 Å². The summed E-state index contributed by atoms with van der Waals surface area (Å²) in [5.74, 6) is -0.269. The number of aromatic nitrogens is 2. The first kappa shape index (κ1) is 25.2. The average Bonchev–Trinajstić information content (AvgIpc) is 3.27. The third kappa shape index (κ3) is 9.52. The molecule has 33 heavy (non-hydrogen) atoms. The summed E-state index contributed by atoms with van der Waals surface area (Å²) in [6.07, 6.45) is 3.06. The Morgan fingerprint density at radius 2 is 1.18 bits per heavy atom. The van der Waals surface area contributed by atoms with E-state index in [1.807, 2.05) is 0 Å². The first-order valence-corrected chi connectivity index (χ1v) is 12.8. The zero-order valence-electron chi connectivity index (χ0n) is 16.8. The van der Waals surface area contributed by atoms with Crippen LogP contribution in [0.1, 0.15) is 11.1 Å². The van der Waals surface area contributed by atoms with Gasteiger partial charge >= 0.3 is 0 Å². The first-order chi connectivity index (χ1) is 16.0. The second kappa shape index (κ2) is 13.3. The molecule has 0 saturated heterocycles. The number of carbonyl (C=O) groups excluding carboxylic acids is 2. The largest absolute Gasteiger partial charge is 0.272 e. The molecule has 0 spiro atoms. The second-order valence-electron chi connectivity index (χ2n) is 6.10. The van der Waals surface area contributed by atoms with Crippen molar-refractivity contribution in [3.8, 4) is 0 Å². The summed E-state index contributed by atoms with van der Waals surface area (Å²) in [5.41, 5.74) is 6.54. The Bertz CT molecular complexity index is 1050. The van der Waals surface area contributed by atoms with Gasteiger partial charge in [0.1, 0.15) is 0 Å². The molecule has 2 aromatic carbocycles. The Morgan fingerprint density at radius 1 is 0.788 bits per heavy atom. The molecule has 3 aromatic rings. The molecule has 2 amide bonds. The van der Waals surface area contributed by atoms with Crippen LogP contribution in [0.2, 0.25) is 10.0 Å². The predicted octanol–water partition coefficient (Wildman–Crippen LogP) is 4.33. The average molecular weight is 539 g/mol. The molecule has 1 heterocycles. The maximum atomic E-state index is 11.9. The SMILES string of the molecule is O=C(CSc1nnc(SCC(=O)N/N=C\c2ccc(Cl)cc2)s1)N/N=C\c1ccc(Cl)cc1. The highest BCUT2D eigenvalue weighted by molar-refractivity contribution is 8.03. The molecular formula is C20H16Cl2N6O2S3. The van der Waals surface area contributed by atoms with Gasteiger partial charge in [-0.25, -0.2) is 10.9 Å². The number of hydrogen-bond acceptors (Lipinski definition) is 9. The molecule has 0 aliphatic heterocycles. The summed E-state index contributed by atoms with van der Waals surface area (Å²) in [7, 11) is 0. The smallest absolute Gasteiger partial charge is 0.250 e. The Labute approximate surface area is 212 Å². The van der Waals surface area contributed by atoms with Gasteiger partial charge in [0.15, 0.2) is 8.68 Å². The molecule has 0 bridgehead atoms. The fourth-order valence-corrected chi connectivity index (χ4v) is 4.95. The van der Waals surface area contributed by atoms with Gasteiger partial charge in [-0.3, -0.25) is 9.59 Å². The van der Waals surface area contributed by atoms with Gasteiger partial charge in [0.25, 0.3) is 11.8 Å². The van der Waals surface area contributed by atoms with E-state index < -0.39 is 0 Å². The van der Waals surface area contributed by atoms with Crippen LogP contribution in [0, 0.1) is 0 Å². The van der Waals surface area contributed by atoms with E-state index in [-0.39, 0.29) is 23.3 Å². The number of halogens is 2. The summed E-state index contributed by atoms with van der Waals surface area (Å²) >= 11 is 15.4. The second-order valence-corrected chi connectivity index (χ2v) is 10.4. The van der Waals surface area contributed by atoms with Crippen molar-refractivity contribution in [1.29, 1.82) is 0 Å². The number of nitrogens with zero attached hydrogens (tertiary/aromatic N) is 4. The zero-order valence-corrected chi connectivity index (χ0v) is 20.7. The maximum absolute atomic E-state index is 11.9. The highest BCUT2D eigenvalue weighted by Crippen LogP contribution is 2.28. The van der Waals surface area contributed by atoms with Gasteiger partial charge in [0.05, 0.1) is 23.9 Å². The maximum Gasteiger partial charge on any atom is 0.250 e. The molecule has 0 aliphatic carbocycles. The lowest BCUT2D eigenvalue weighted by Crippen LogP contribution is -2.19. The summed E-state index contributed by atoms with van der Waals surface area (Å²) < 4.78 is 1.24. The van der Waals surface area contributed by atoms with Crippen molar-refractivity contribution in [2.24, 2.45) is 10.2 Å². The number of rotatable bonds is 10. The molecule has 8 nitrogen and oxygen atoms in total. The fraction of sp³-hybridized carbons (Fsp3) is 0.100. The lowest BCUT2D eigenvalue weighted by molar-refractivity contribution is -0.119. The van der Waals surface area contributed by atoms with E-state index in [0.29, 0.717) is 18.7 Å². The monoisotopic (exact) mass is 538 g/mol. The van der Waals surface area contributed by atoms with Gasteiger partial charge in [-0.1, -0.05) is 82.3 Å². The van der Waals surface area contributed by atoms with Crippen molar-refractivity contribution in [3.63, 3.8) is 0 Å². The van der Waals surface area contributed by atoms with Gasteiger partial charge < -0.3 is 0 Å². The van der Waals surface area contributed by atoms with Gasteiger partial charge in [-0.2, -0.15) is 10.2 Å². The number of nitrogens with one attached hydrogen (secondary N) is 2. The van der Waals surface area contributed by atoms with Gasteiger partial charge in [-0.05, 0) is 35.4 Å². The van der Waals surface area contributed by atoms with Crippen LogP contribution in [-0.4, -0.2) is 45.9 Å². The number of hydrazone groups is 2. The third-order valence-electron chi connectivity index (χ3n) is 3.59. The molecule has 0 unspecified atom stereocenters. The predicted molar refractivity (Wildman–Crippen MR) is 136 cm³/mol. The standard InChI is InChI=1S/C20H16Cl2N6O2S3/c21-15-5-1-13(2-6-15)9-23-25-17(29)11-31-19-27-28-20(33-19)32-12-18(30)26-24-10-14-3-7-16(22)8-4-14/h1-10H,11-12H2,(H,25,29)(H,26,30)/b23-9-,24-10-. The molecular weight excluding hydrogens is 523 g/mol. The van der Waals surface area contributed by atoms with Crippen LogP contribution in [0.3, 0.4) is 0 Å². The van der Waals surface area contributed by atoms with Crippen molar-refractivity contribution in [3.05, 3.63) is 69.7 Å². The molecule has 0 aliphatic rings. The lowest BCUT2D eigenvalue weighted by Gasteiger charge is -1.98. The number of thioether (sulfide) groups is 2. The van der Waals surface area contributed by atoms with Crippen molar-refractivity contribution in [2.45, 2.75) is 8.68 Å². The van der Waals surface area contributed by atoms with E-state index >= 15 is 0 Å². The highest BCUT2D eigenvalue weighted by Gasteiger charge is 2.10. The van der Waals surface area contributed by atoms with E-state index in [1.165, 1.54) is 47.3 Å². The zero-order chi connectivity index (χ0) is 23.5. The topological polar surface area (TPSA) is 109 Å². The van der Waals surface area contributed by atoms with Crippen LogP contribution in [-0.2, 0) is 9.59 Å². The molecule has 170 valence electrons. The minimum atomic E-state index is -0.271. The number of carbonyl (C=O) groups is 2. The summed E-state index contributed by atoms with van der Waals surface area (Å²) in [6, 6.07) is 14.1. The van der Waals surface area contributed by atoms with E-state index in [0.717, 1.165) is 11.1 Å². The van der Waals surface area contributed by atoms with Crippen LogP contribution in [0.25, 0.3) is 0 Å². The highest BCUT2D eigenvalue weighted by atomic mass is 35.5. The first-order valence-electron chi connectivity index (χ1n) is 9.22. The molecule has 0 saturated carbocycles. The van der Waals surface area contributed by atoms with E-state index in [9.17, 15) is 9.59 Å². The van der Waals surface area contributed by atoms with Crippen molar-refractivity contribution in [1.82, 2.24) is 21.0 Å². The summed E-state index contributed by atoms with van der Waals surface area (Å²) in [4.78, 5) is 23.8. The minimum absolute atomic E-state index is 0.136. The normalized spacial score (nSPS) is 11.2. The Balaban J connectivity index is 1.34. The Morgan fingerprint density at radius 3 is 1.58 bits per heavy atom. The van der Waals surface area contributed by atoms with Gasteiger partial charge in [-0.15, -0.1) is 10.2 Å². The van der Waals surface area contributed by atoms with E-state index in [2.05, 4.69) is 31.3 Å². The number of benzene rings is 2. The molecule has 2 N–H and O–H groups in total. The van der Waals surface area contributed by atoms with Crippen LogP contribution in [0.15, 0.2) is 67.4 Å². The van der Waals surface area contributed by atoms with Crippen LogP contribution in [0.5, 0.6) is 0 Å². The van der Waals surface area contributed by atoms with Gasteiger partial charge in [0, 0.05) is 10.0 Å². The van der Waals surface area contributed by atoms with E-state index in [4.69, 9.17) is 23.2 Å². The quantitative estimate of drug-likeness (QED) is 0.226. The molecule has 0 fully saturated rings. The molecule has 1 aromatic heterocycles. The fourth-order valence-electron chi connectivity index (χ4n) is 2.09. The summed E-state index contributed by atoms with van der Waals surface area (Å²) in [6.45, 7) is 0. The third-order valence-corrected chi connectivity index (χ3v) is 7.28. The number of hydrogen-bond donors (Lipinski definition) is 2. The summed E-state index contributed by atoms with van der Waals surface area (Å²) in [5, 5.41) is 17.1. The van der Waals surface area contributed by atoms with Crippen molar-refractivity contribution < 1.29 is 9.59 Å². The molecule has 3 rings (SSSR count). The van der Waals surface area contributed by atoms with Crippen LogP contribution < -0.4 is 10.9 Å². The minimum Gasteiger partial charge on any atom is -0.272 e. The van der Waals surface area contributed by atoms with Crippen molar-refractivity contribution >= 4 is 82.3 Å². The van der Waals surface area contributed by atoms with Crippen LogP contribution >= 0.6 is 58.1 Å². The van der Waals surface area contributed by atoms with Crippen LogP contribution in [0.4, 0.5) is 0 Å². The Hall–Kier alpha value is -2.44.